The number of carbonyl (C=O) groups excluding carboxylic acids is 1. The van der Waals surface area contributed by atoms with E-state index in [0.29, 0.717) is 5.92 Å². The number of aromatic nitrogens is 3. The van der Waals surface area contributed by atoms with E-state index in [0.717, 1.165) is 60.9 Å². The molecule has 0 radical (unpaired) electrons. The Hall–Kier alpha value is -4.00. The molecule has 39 heavy (non-hydrogen) atoms. The van der Waals surface area contributed by atoms with Crippen LogP contribution in [0.3, 0.4) is 0 Å². The Morgan fingerprint density at radius 2 is 1.79 bits per heavy atom. The van der Waals surface area contributed by atoms with Crippen molar-refractivity contribution in [1.82, 2.24) is 20.3 Å². The number of nitrogens with zero attached hydrogens (tertiary/aromatic N) is 4. The van der Waals surface area contributed by atoms with Gasteiger partial charge < -0.3 is 15.5 Å². The van der Waals surface area contributed by atoms with Crippen LogP contribution in [0.2, 0.25) is 0 Å². The maximum Gasteiger partial charge on any atom is 0.223 e. The van der Waals surface area contributed by atoms with Gasteiger partial charge >= 0.3 is 0 Å². The minimum atomic E-state index is 0. The summed E-state index contributed by atoms with van der Waals surface area (Å²) in [6, 6.07) is 20.5. The van der Waals surface area contributed by atoms with Gasteiger partial charge in [-0.15, -0.1) is 0 Å². The van der Waals surface area contributed by atoms with Gasteiger partial charge in [-0.25, -0.2) is 9.97 Å². The number of hydrogen-bond acceptors (Lipinski definition) is 6. The van der Waals surface area contributed by atoms with Gasteiger partial charge in [0.1, 0.15) is 11.6 Å². The summed E-state index contributed by atoms with van der Waals surface area (Å²) in [6.07, 6.45) is 7.05. The van der Waals surface area contributed by atoms with E-state index in [-0.39, 0.29) is 20.7 Å². The number of piperidine rings is 1. The van der Waals surface area contributed by atoms with Crippen molar-refractivity contribution in [2.24, 2.45) is 11.8 Å². The molecule has 7 heteroatoms. The third-order valence-corrected chi connectivity index (χ3v) is 6.89. The summed E-state index contributed by atoms with van der Waals surface area (Å²) in [6.45, 7) is 10.7. The second kappa shape index (κ2) is 13.7. The van der Waals surface area contributed by atoms with Crippen molar-refractivity contribution >= 4 is 17.5 Å². The summed E-state index contributed by atoms with van der Waals surface area (Å²) in [4.78, 5) is 29.0. The van der Waals surface area contributed by atoms with Crippen LogP contribution in [-0.2, 0) is 4.79 Å². The van der Waals surface area contributed by atoms with E-state index < -0.39 is 0 Å². The molecule has 1 atom stereocenters. The quantitative estimate of drug-likeness (QED) is 0.342. The molecule has 208 valence electrons. The lowest BCUT2D eigenvalue weighted by Crippen LogP contribution is -2.41. The second-order valence-corrected chi connectivity index (χ2v) is 10.6. The summed E-state index contributed by atoms with van der Waals surface area (Å²) < 4.78 is 0. The van der Waals surface area contributed by atoms with Gasteiger partial charge in [0.05, 0.1) is 5.69 Å². The number of benzene rings is 1. The number of amides is 1. The largest absolute Gasteiger partial charge is 0.364 e. The Morgan fingerprint density at radius 1 is 1.03 bits per heavy atom. The van der Waals surface area contributed by atoms with Crippen molar-refractivity contribution in [1.29, 1.82) is 0 Å². The van der Waals surface area contributed by atoms with Crippen LogP contribution < -0.4 is 15.5 Å². The van der Waals surface area contributed by atoms with Gasteiger partial charge in [-0.2, -0.15) is 0 Å². The van der Waals surface area contributed by atoms with Crippen molar-refractivity contribution in [3.63, 3.8) is 0 Å². The highest BCUT2D eigenvalue weighted by molar-refractivity contribution is 5.79. The van der Waals surface area contributed by atoms with Crippen molar-refractivity contribution < 1.29 is 7.65 Å². The minimum Gasteiger partial charge on any atom is -0.364 e. The summed E-state index contributed by atoms with van der Waals surface area (Å²) in [5.74, 6) is 2.33. The van der Waals surface area contributed by atoms with Crippen LogP contribution in [0, 0.1) is 18.8 Å². The zero-order valence-electron chi connectivity index (χ0n) is 23.5. The van der Waals surface area contributed by atoms with E-state index in [9.17, 15) is 4.79 Å². The lowest BCUT2D eigenvalue weighted by atomic mass is 9.95. The van der Waals surface area contributed by atoms with Gasteiger partial charge in [0, 0.05) is 58.6 Å². The predicted molar refractivity (Wildman–Crippen MR) is 163 cm³/mol. The highest BCUT2D eigenvalue weighted by Gasteiger charge is 2.25. The first kappa shape index (κ1) is 28.0. The molecule has 1 saturated heterocycles. The van der Waals surface area contributed by atoms with Crippen molar-refractivity contribution in [2.45, 2.75) is 46.6 Å². The van der Waals surface area contributed by atoms with E-state index in [1.807, 2.05) is 61.8 Å². The van der Waals surface area contributed by atoms with Crippen LogP contribution in [0.1, 0.15) is 53.6 Å². The minimum absolute atomic E-state index is 0. The first-order chi connectivity index (χ1) is 18.9. The van der Waals surface area contributed by atoms with Crippen molar-refractivity contribution in [3.05, 3.63) is 90.4 Å². The Bertz CT molecular complexity index is 1300. The van der Waals surface area contributed by atoms with E-state index in [1.165, 1.54) is 5.56 Å². The zero-order chi connectivity index (χ0) is 27.6. The van der Waals surface area contributed by atoms with Gasteiger partial charge in [-0.05, 0) is 74.1 Å². The van der Waals surface area contributed by atoms with E-state index in [2.05, 4.69) is 64.5 Å². The molecule has 0 spiro atoms. The fraction of sp³-hybridized carbons (Fsp3) is 0.375. The average Bonchev–Trinajstić information content (AvgIpc) is 2.95. The number of anilines is 2. The van der Waals surface area contributed by atoms with Gasteiger partial charge in [0.25, 0.3) is 0 Å². The monoisotopic (exact) mass is 528 g/mol. The molecule has 0 bridgehead atoms. The number of rotatable bonds is 8. The Balaban J connectivity index is 0.00000294. The van der Waals surface area contributed by atoms with Crippen LogP contribution >= 0.6 is 0 Å². The Kier molecular flexibility index (Phi) is 9.84. The molecule has 4 rings (SSSR count). The van der Waals surface area contributed by atoms with E-state index >= 15 is 0 Å². The van der Waals surface area contributed by atoms with Gasteiger partial charge in [-0.3, -0.25) is 9.78 Å². The fourth-order valence-electron chi connectivity index (χ4n) is 4.64. The number of hydrogen-bond donors (Lipinski definition) is 2. The van der Waals surface area contributed by atoms with Crippen LogP contribution in [-0.4, -0.2) is 40.5 Å². The van der Waals surface area contributed by atoms with E-state index in [1.54, 1.807) is 6.20 Å². The van der Waals surface area contributed by atoms with Crippen molar-refractivity contribution in [2.75, 3.05) is 29.9 Å². The van der Waals surface area contributed by atoms with Crippen molar-refractivity contribution in [3.8, 4) is 11.3 Å². The molecule has 1 aromatic carbocycles. The number of pyridine rings is 1. The third-order valence-electron chi connectivity index (χ3n) is 6.89. The molecule has 0 saturated carbocycles. The molecule has 0 unspecified atom stereocenters. The summed E-state index contributed by atoms with van der Waals surface area (Å²) in [5, 5.41) is 6.61. The lowest BCUT2D eigenvalue weighted by Gasteiger charge is -2.32. The molecule has 1 fully saturated rings. The maximum absolute atomic E-state index is 12.6. The highest BCUT2D eigenvalue weighted by atomic mass is 16.1. The van der Waals surface area contributed by atoms with Gasteiger partial charge in [0.2, 0.25) is 5.91 Å². The second-order valence-electron chi connectivity index (χ2n) is 10.6. The van der Waals surface area contributed by atoms with Crippen LogP contribution in [0.15, 0.2) is 79.3 Å². The predicted octanol–water partition coefficient (Wildman–Crippen LogP) is 6.63. The maximum atomic E-state index is 12.6. The van der Waals surface area contributed by atoms with Crippen LogP contribution in [0.5, 0.6) is 0 Å². The smallest absolute Gasteiger partial charge is 0.223 e. The molecule has 1 aliphatic heterocycles. The lowest BCUT2D eigenvalue weighted by molar-refractivity contribution is -0.125. The molecule has 3 heterocycles. The molecule has 2 N–H and O–H groups in total. The van der Waals surface area contributed by atoms with Gasteiger partial charge in [0.15, 0.2) is 0 Å². The number of aryl methyl sites for hydroxylation is 1. The summed E-state index contributed by atoms with van der Waals surface area (Å²) in [5.41, 5.74) is 4.02. The molecule has 2 aromatic heterocycles. The fourth-order valence-corrected chi connectivity index (χ4v) is 4.64. The molecular weight excluding hydrogens is 484 g/mol. The van der Waals surface area contributed by atoms with Crippen LogP contribution in [0.25, 0.3) is 11.3 Å². The molecule has 7 nitrogen and oxygen atoms in total. The molecule has 1 amide bonds. The van der Waals surface area contributed by atoms with E-state index in [4.69, 9.17) is 4.98 Å². The normalized spacial score (nSPS) is 14.4. The Morgan fingerprint density at radius 3 is 2.54 bits per heavy atom. The SMILES string of the molecule is Cc1cncccc(N2CCC(C(=O)NCC(C)C)CC2)nc(-c2ccnc(N[C@H](C)c3ccccc3)c2)c1.[HH].[HH]. The summed E-state index contributed by atoms with van der Waals surface area (Å²) >= 11 is 0. The summed E-state index contributed by atoms with van der Waals surface area (Å²) in [7, 11) is 0. The standard InChI is InChI=1S/C32H40N6O.2H2/c1-23(2)21-35-32(39)27-13-17-38(18-14-27)31-11-8-15-33-22-24(3)19-29(37-31)28-12-16-34-30(20-28)36-25(4)26-9-6-5-7-10-26;;/h5-12,15-16,19-20,22-23,25,27H,13-14,17-18,21H2,1-4H3,(H,34,36)(H,35,39);2*1H/t25-;;/m1../s1. The highest BCUT2D eigenvalue weighted by Crippen LogP contribution is 2.26. The van der Waals surface area contributed by atoms with Crippen LogP contribution in [0.4, 0.5) is 11.6 Å². The number of carbonyl (C=O) groups is 1. The zero-order valence-corrected chi connectivity index (χ0v) is 23.5. The molecule has 1 aliphatic rings. The Labute approximate surface area is 235 Å². The van der Waals surface area contributed by atoms with Gasteiger partial charge in [-0.1, -0.05) is 44.2 Å². The topological polar surface area (TPSA) is 83.0 Å². The third kappa shape index (κ3) is 8.24. The average molecular weight is 529 g/mol. The first-order valence-corrected chi connectivity index (χ1v) is 13.9. The molecular formula is C32H44N6O. The molecule has 0 aliphatic carbocycles. The number of nitrogens with one attached hydrogen (secondary N) is 2. The molecule has 3 aromatic rings. The first-order valence-electron chi connectivity index (χ1n) is 13.9.